The summed E-state index contributed by atoms with van der Waals surface area (Å²) in [4.78, 5) is 5.05. The molecule has 9 heteroatoms. The fourth-order valence-corrected chi connectivity index (χ4v) is 4.83. The summed E-state index contributed by atoms with van der Waals surface area (Å²) in [6, 6.07) is 12.4. The van der Waals surface area contributed by atoms with Gasteiger partial charge >= 0.3 is 0 Å². The molecule has 2 aromatic carbocycles. The molecule has 0 saturated carbocycles. The summed E-state index contributed by atoms with van der Waals surface area (Å²) in [6.45, 7) is 6.47. The van der Waals surface area contributed by atoms with Crippen LogP contribution in [0.3, 0.4) is 0 Å². The quantitative estimate of drug-likeness (QED) is 0.496. The maximum Gasteiger partial charge on any atom is 0.264 e. The third kappa shape index (κ3) is 3.83. The zero-order chi connectivity index (χ0) is 20.6. The smallest absolute Gasteiger partial charge is 0.264 e. The molecule has 0 fully saturated rings. The molecule has 4 aromatic rings. The van der Waals surface area contributed by atoms with E-state index in [1.165, 1.54) is 29.0 Å². The molecule has 0 spiro atoms. The van der Waals surface area contributed by atoms with Crippen LogP contribution in [0.2, 0.25) is 0 Å². The van der Waals surface area contributed by atoms with Gasteiger partial charge in [-0.25, -0.2) is 17.7 Å². The van der Waals surface area contributed by atoms with Crippen molar-refractivity contribution in [3.05, 3.63) is 59.0 Å². The molecule has 2 aromatic heterocycles. The molecule has 0 amide bonds. The standard InChI is InChI=1S/C20H20N4O3S2/c1-4-27-15-6-8-16(9-7-15)29(25,26)23-19-21-20-24(22-19)18(12-28-20)17-10-5-13(2)11-14(17)3/h5-12H,4H2,1-3H3,(H,22,23). The van der Waals surface area contributed by atoms with Gasteiger partial charge in [-0.15, -0.1) is 16.4 Å². The van der Waals surface area contributed by atoms with Crippen molar-refractivity contribution >= 4 is 32.3 Å². The minimum absolute atomic E-state index is 0.0387. The minimum atomic E-state index is -3.80. The molecule has 0 aliphatic carbocycles. The van der Waals surface area contributed by atoms with E-state index in [1.807, 2.05) is 38.3 Å². The average Bonchev–Trinajstić information content (AvgIpc) is 3.22. The van der Waals surface area contributed by atoms with Gasteiger partial charge in [0.15, 0.2) is 0 Å². The first-order valence-corrected chi connectivity index (χ1v) is 11.4. The monoisotopic (exact) mass is 428 g/mol. The van der Waals surface area contributed by atoms with Crippen LogP contribution in [0.5, 0.6) is 5.75 Å². The Morgan fingerprint density at radius 3 is 2.59 bits per heavy atom. The number of nitrogens with zero attached hydrogens (tertiary/aromatic N) is 3. The SMILES string of the molecule is CCOc1ccc(S(=O)(=O)Nc2nc3scc(-c4ccc(C)cc4C)n3n2)cc1. The molecule has 0 saturated heterocycles. The number of ether oxygens (including phenoxy) is 1. The number of aromatic nitrogens is 3. The molecular weight excluding hydrogens is 408 g/mol. The predicted molar refractivity (Wildman–Crippen MR) is 114 cm³/mol. The maximum atomic E-state index is 12.7. The van der Waals surface area contributed by atoms with Gasteiger partial charge in [-0.05, 0) is 50.6 Å². The maximum absolute atomic E-state index is 12.7. The van der Waals surface area contributed by atoms with Gasteiger partial charge in [0.05, 0.1) is 17.2 Å². The lowest BCUT2D eigenvalue weighted by Crippen LogP contribution is -2.14. The normalized spacial score (nSPS) is 11.7. The zero-order valence-corrected chi connectivity index (χ0v) is 17.8. The molecule has 0 unspecified atom stereocenters. The van der Waals surface area contributed by atoms with E-state index in [-0.39, 0.29) is 10.8 Å². The molecule has 0 radical (unpaired) electrons. The van der Waals surface area contributed by atoms with Crippen LogP contribution in [0, 0.1) is 13.8 Å². The van der Waals surface area contributed by atoms with E-state index < -0.39 is 10.0 Å². The molecule has 7 nitrogen and oxygen atoms in total. The Morgan fingerprint density at radius 2 is 1.90 bits per heavy atom. The van der Waals surface area contributed by atoms with Gasteiger partial charge in [-0.3, -0.25) is 0 Å². The Morgan fingerprint density at radius 1 is 1.14 bits per heavy atom. The Hall–Kier alpha value is -2.91. The highest BCUT2D eigenvalue weighted by molar-refractivity contribution is 7.92. The van der Waals surface area contributed by atoms with Crippen LogP contribution in [0.15, 0.2) is 52.7 Å². The highest BCUT2D eigenvalue weighted by Gasteiger charge is 2.19. The minimum Gasteiger partial charge on any atom is -0.494 e. The number of sulfonamides is 1. The Balaban J connectivity index is 1.64. The van der Waals surface area contributed by atoms with Crippen molar-refractivity contribution in [2.75, 3.05) is 11.3 Å². The van der Waals surface area contributed by atoms with Gasteiger partial charge in [0.25, 0.3) is 16.0 Å². The summed E-state index contributed by atoms with van der Waals surface area (Å²) < 4.78 is 34.8. The fraction of sp³-hybridized carbons (Fsp3) is 0.200. The third-order valence-corrected chi connectivity index (χ3v) is 6.57. The van der Waals surface area contributed by atoms with Gasteiger partial charge in [-0.1, -0.05) is 23.8 Å². The van der Waals surface area contributed by atoms with Crippen molar-refractivity contribution in [2.45, 2.75) is 25.7 Å². The van der Waals surface area contributed by atoms with Crippen molar-refractivity contribution < 1.29 is 13.2 Å². The van der Waals surface area contributed by atoms with Crippen LogP contribution in [-0.4, -0.2) is 29.6 Å². The van der Waals surface area contributed by atoms with Gasteiger partial charge in [0.1, 0.15) is 5.75 Å². The molecule has 2 heterocycles. The van der Waals surface area contributed by atoms with Crippen molar-refractivity contribution in [1.82, 2.24) is 14.6 Å². The second-order valence-electron chi connectivity index (χ2n) is 6.58. The van der Waals surface area contributed by atoms with E-state index in [0.717, 1.165) is 16.8 Å². The van der Waals surface area contributed by atoms with Gasteiger partial charge in [-0.2, -0.15) is 4.98 Å². The molecule has 0 aliphatic heterocycles. The number of anilines is 1. The lowest BCUT2D eigenvalue weighted by molar-refractivity contribution is 0.340. The van der Waals surface area contributed by atoms with Crippen molar-refractivity contribution in [3.8, 4) is 17.0 Å². The van der Waals surface area contributed by atoms with Crippen LogP contribution in [0.1, 0.15) is 18.1 Å². The van der Waals surface area contributed by atoms with E-state index in [4.69, 9.17) is 4.74 Å². The van der Waals surface area contributed by atoms with Crippen molar-refractivity contribution in [2.24, 2.45) is 0 Å². The first kappa shape index (κ1) is 19.4. The van der Waals surface area contributed by atoms with E-state index in [9.17, 15) is 8.42 Å². The average molecular weight is 429 g/mol. The number of thiazole rings is 1. The summed E-state index contributed by atoms with van der Waals surface area (Å²) in [5.41, 5.74) is 4.21. The van der Waals surface area contributed by atoms with E-state index in [0.29, 0.717) is 17.3 Å². The summed E-state index contributed by atoms with van der Waals surface area (Å²) in [5, 5.41) is 6.34. The van der Waals surface area contributed by atoms with E-state index in [2.05, 4.69) is 20.9 Å². The van der Waals surface area contributed by atoms with Gasteiger partial charge < -0.3 is 4.74 Å². The number of hydrogen-bond acceptors (Lipinski definition) is 6. The zero-order valence-electron chi connectivity index (χ0n) is 16.2. The predicted octanol–water partition coefficient (Wildman–Crippen LogP) is 4.27. The van der Waals surface area contributed by atoms with Gasteiger partial charge in [0.2, 0.25) is 4.96 Å². The molecule has 150 valence electrons. The number of hydrogen-bond donors (Lipinski definition) is 1. The van der Waals surface area contributed by atoms with Crippen molar-refractivity contribution in [3.63, 3.8) is 0 Å². The first-order chi connectivity index (χ1) is 13.9. The Kier molecular flexibility index (Phi) is 5.01. The molecular formula is C20H20N4O3S2. The second-order valence-corrected chi connectivity index (χ2v) is 9.10. The topological polar surface area (TPSA) is 85.6 Å². The highest BCUT2D eigenvalue weighted by Crippen LogP contribution is 2.29. The van der Waals surface area contributed by atoms with E-state index in [1.54, 1.807) is 16.6 Å². The Labute approximate surface area is 173 Å². The second kappa shape index (κ2) is 7.49. The molecule has 1 N–H and O–H groups in total. The summed E-state index contributed by atoms with van der Waals surface area (Å²) >= 11 is 1.41. The lowest BCUT2D eigenvalue weighted by Gasteiger charge is -2.07. The van der Waals surface area contributed by atoms with Crippen LogP contribution >= 0.6 is 11.3 Å². The number of fused-ring (bicyclic) bond motifs is 1. The number of benzene rings is 2. The number of nitrogens with one attached hydrogen (secondary N) is 1. The van der Waals surface area contributed by atoms with Crippen LogP contribution in [-0.2, 0) is 10.0 Å². The van der Waals surface area contributed by atoms with Gasteiger partial charge in [0, 0.05) is 10.9 Å². The van der Waals surface area contributed by atoms with Crippen LogP contribution < -0.4 is 9.46 Å². The lowest BCUT2D eigenvalue weighted by atomic mass is 10.0. The molecule has 0 atom stereocenters. The third-order valence-electron chi connectivity index (χ3n) is 4.41. The van der Waals surface area contributed by atoms with Crippen LogP contribution in [0.4, 0.5) is 5.95 Å². The molecule has 29 heavy (non-hydrogen) atoms. The number of aryl methyl sites for hydroxylation is 2. The summed E-state index contributed by atoms with van der Waals surface area (Å²) in [6.07, 6.45) is 0. The first-order valence-electron chi connectivity index (χ1n) is 9.05. The Bertz CT molecular complexity index is 1280. The van der Waals surface area contributed by atoms with Crippen molar-refractivity contribution in [1.29, 1.82) is 0 Å². The van der Waals surface area contributed by atoms with Crippen LogP contribution in [0.25, 0.3) is 16.2 Å². The van der Waals surface area contributed by atoms with E-state index >= 15 is 0 Å². The highest BCUT2D eigenvalue weighted by atomic mass is 32.2. The largest absolute Gasteiger partial charge is 0.494 e. The fourth-order valence-electron chi connectivity index (χ4n) is 3.07. The molecule has 0 aliphatic rings. The summed E-state index contributed by atoms with van der Waals surface area (Å²) in [7, 11) is -3.80. The molecule has 4 rings (SSSR count). The molecule has 0 bridgehead atoms. The number of rotatable bonds is 6. The summed E-state index contributed by atoms with van der Waals surface area (Å²) in [5.74, 6) is 0.655.